The summed E-state index contributed by atoms with van der Waals surface area (Å²) in [6, 6.07) is 21.7. The Bertz CT molecular complexity index is 936. The molecule has 1 amide bonds. The molecule has 0 saturated carbocycles. The molecule has 3 aromatic carbocycles. The zero-order valence-corrected chi connectivity index (χ0v) is 15.8. The Hall–Kier alpha value is -2.47. The summed E-state index contributed by atoms with van der Waals surface area (Å²) in [5.41, 5.74) is 3.45. The van der Waals surface area contributed by atoms with Crippen molar-refractivity contribution in [1.82, 2.24) is 0 Å². The fourth-order valence-corrected chi connectivity index (χ4v) is 3.12. The highest BCUT2D eigenvalue weighted by Gasteiger charge is 2.13. The van der Waals surface area contributed by atoms with Crippen molar-refractivity contribution in [2.75, 3.05) is 5.32 Å². The lowest BCUT2D eigenvalue weighted by atomic mass is 10.0. The van der Waals surface area contributed by atoms with Crippen LogP contribution >= 0.6 is 22.6 Å². The maximum atomic E-state index is 12.5. The van der Waals surface area contributed by atoms with Crippen molar-refractivity contribution in [3.05, 3.63) is 98.6 Å². The molecule has 25 heavy (non-hydrogen) atoms. The van der Waals surface area contributed by atoms with Crippen LogP contribution in [0.5, 0.6) is 0 Å². The molecule has 0 atom stereocenters. The molecular weight excluding hydrogens is 425 g/mol. The minimum absolute atomic E-state index is 0.0677. The highest BCUT2D eigenvalue weighted by molar-refractivity contribution is 14.1. The second kappa shape index (κ2) is 7.61. The Kier molecular flexibility index (Phi) is 5.28. The molecule has 0 aromatic heterocycles. The van der Waals surface area contributed by atoms with E-state index >= 15 is 0 Å². The van der Waals surface area contributed by atoms with Gasteiger partial charge >= 0.3 is 0 Å². The van der Waals surface area contributed by atoms with E-state index in [1.54, 1.807) is 42.5 Å². The van der Waals surface area contributed by atoms with Gasteiger partial charge in [-0.05, 0) is 53.3 Å². The van der Waals surface area contributed by atoms with Gasteiger partial charge in [-0.3, -0.25) is 9.59 Å². The first-order valence-electron chi connectivity index (χ1n) is 7.82. The lowest BCUT2D eigenvalue weighted by molar-refractivity contribution is 0.102. The van der Waals surface area contributed by atoms with Crippen molar-refractivity contribution >= 4 is 40.0 Å². The van der Waals surface area contributed by atoms with Crippen molar-refractivity contribution in [3.8, 4) is 0 Å². The van der Waals surface area contributed by atoms with E-state index in [4.69, 9.17) is 0 Å². The van der Waals surface area contributed by atoms with Crippen molar-refractivity contribution in [2.45, 2.75) is 6.92 Å². The van der Waals surface area contributed by atoms with Gasteiger partial charge in [-0.25, -0.2) is 0 Å². The number of anilines is 1. The molecule has 0 spiro atoms. The van der Waals surface area contributed by atoms with Gasteiger partial charge in [-0.2, -0.15) is 0 Å². The molecule has 3 nitrogen and oxygen atoms in total. The SMILES string of the molecule is Cc1cccc(C(=O)Nc2cccc(C(=O)c3ccccc3)c2)c1I. The highest BCUT2D eigenvalue weighted by atomic mass is 127. The summed E-state index contributed by atoms with van der Waals surface area (Å²) in [5, 5.41) is 2.88. The van der Waals surface area contributed by atoms with E-state index in [1.165, 1.54) is 0 Å². The van der Waals surface area contributed by atoms with Crippen LogP contribution in [0.1, 0.15) is 31.8 Å². The predicted molar refractivity (Wildman–Crippen MR) is 108 cm³/mol. The molecule has 0 aliphatic carbocycles. The maximum Gasteiger partial charge on any atom is 0.256 e. The molecule has 3 rings (SSSR count). The van der Waals surface area contributed by atoms with Crippen LogP contribution in [0.3, 0.4) is 0 Å². The number of benzene rings is 3. The largest absolute Gasteiger partial charge is 0.322 e. The molecule has 0 aliphatic heterocycles. The lowest BCUT2D eigenvalue weighted by Gasteiger charge is -2.10. The Morgan fingerprint density at radius 3 is 2.28 bits per heavy atom. The Labute approximate surface area is 160 Å². The Morgan fingerprint density at radius 1 is 0.840 bits per heavy atom. The topological polar surface area (TPSA) is 46.2 Å². The summed E-state index contributed by atoms with van der Waals surface area (Å²) in [7, 11) is 0. The number of carbonyl (C=O) groups is 2. The molecule has 0 unspecified atom stereocenters. The third-order valence-corrected chi connectivity index (χ3v) is 5.29. The van der Waals surface area contributed by atoms with Crippen LogP contribution in [-0.4, -0.2) is 11.7 Å². The summed E-state index contributed by atoms with van der Waals surface area (Å²) in [6.07, 6.45) is 0. The first-order valence-corrected chi connectivity index (χ1v) is 8.90. The van der Waals surface area contributed by atoms with E-state index in [0.29, 0.717) is 22.4 Å². The highest BCUT2D eigenvalue weighted by Crippen LogP contribution is 2.20. The van der Waals surface area contributed by atoms with E-state index < -0.39 is 0 Å². The number of halogens is 1. The Balaban J connectivity index is 1.84. The van der Waals surface area contributed by atoms with Crippen molar-refractivity contribution < 1.29 is 9.59 Å². The van der Waals surface area contributed by atoms with Gasteiger partial charge in [-0.1, -0.05) is 54.6 Å². The van der Waals surface area contributed by atoms with Gasteiger partial charge in [0.2, 0.25) is 0 Å². The number of carbonyl (C=O) groups excluding carboxylic acids is 2. The van der Waals surface area contributed by atoms with E-state index in [9.17, 15) is 9.59 Å². The fourth-order valence-electron chi connectivity index (χ4n) is 2.52. The van der Waals surface area contributed by atoms with Crippen molar-refractivity contribution in [1.29, 1.82) is 0 Å². The lowest BCUT2D eigenvalue weighted by Crippen LogP contribution is -2.14. The number of nitrogens with one attached hydrogen (secondary N) is 1. The van der Waals surface area contributed by atoms with Crippen LogP contribution in [0.15, 0.2) is 72.8 Å². The van der Waals surface area contributed by atoms with Gasteiger partial charge in [0, 0.05) is 20.4 Å². The van der Waals surface area contributed by atoms with E-state index in [0.717, 1.165) is 9.13 Å². The Morgan fingerprint density at radius 2 is 1.52 bits per heavy atom. The van der Waals surface area contributed by atoms with Crippen molar-refractivity contribution in [2.24, 2.45) is 0 Å². The van der Waals surface area contributed by atoms with Gasteiger partial charge in [-0.15, -0.1) is 0 Å². The smallest absolute Gasteiger partial charge is 0.256 e. The standard InChI is InChI=1S/C21H16INO2/c1-14-7-5-12-18(19(14)22)21(25)23-17-11-6-10-16(13-17)20(24)15-8-3-2-4-9-15/h2-13H,1H3,(H,23,25). The third kappa shape index (κ3) is 3.96. The minimum Gasteiger partial charge on any atom is -0.322 e. The molecule has 0 saturated heterocycles. The number of aryl methyl sites for hydroxylation is 1. The molecule has 0 fully saturated rings. The van der Waals surface area contributed by atoms with Gasteiger partial charge in [0.05, 0.1) is 5.56 Å². The molecule has 0 bridgehead atoms. The molecule has 0 heterocycles. The zero-order valence-electron chi connectivity index (χ0n) is 13.6. The zero-order chi connectivity index (χ0) is 17.8. The molecule has 0 aliphatic rings. The summed E-state index contributed by atoms with van der Waals surface area (Å²) in [6.45, 7) is 1.97. The van der Waals surface area contributed by atoms with Crippen molar-refractivity contribution in [3.63, 3.8) is 0 Å². The molecule has 124 valence electrons. The second-order valence-electron chi connectivity index (χ2n) is 5.67. The van der Waals surface area contributed by atoms with Gasteiger partial charge in [0.15, 0.2) is 5.78 Å². The monoisotopic (exact) mass is 441 g/mol. The average Bonchev–Trinajstić information content (AvgIpc) is 2.64. The van der Waals surface area contributed by atoms with Crippen LogP contribution in [0.4, 0.5) is 5.69 Å². The van der Waals surface area contributed by atoms with Crippen LogP contribution in [0.25, 0.3) is 0 Å². The predicted octanol–water partition coefficient (Wildman–Crippen LogP) is 5.08. The number of hydrogen-bond donors (Lipinski definition) is 1. The van der Waals surface area contributed by atoms with Crippen LogP contribution in [0, 0.1) is 10.5 Å². The fraction of sp³-hybridized carbons (Fsp3) is 0.0476. The van der Waals surface area contributed by atoms with Crippen LogP contribution < -0.4 is 5.32 Å². The van der Waals surface area contributed by atoms with Gasteiger partial charge < -0.3 is 5.32 Å². The molecule has 0 radical (unpaired) electrons. The molecule has 3 aromatic rings. The number of ketones is 1. The minimum atomic E-state index is -0.183. The first-order chi connectivity index (χ1) is 12.1. The quantitative estimate of drug-likeness (QED) is 0.453. The third-order valence-electron chi connectivity index (χ3n) is 3.86. The second-order valence-corrected chi connectivity index (χ2v) is 6.75. The summed E-state index contributed by atoms with van der Waals surface area (Å²) >= 11 is 2.17. The average molecular weight is 441 g/mol. The number of rotatable bonds is 4. The summed E-state index contributed by atoms with van der Waals surface area (Å²) in [4.78, 5) is 25.1. The van der Waals surface area contributed by atoms with Crippen LogP contribution in [-0.2, 0) is 0 Å². The van der Waals surface area contributed by atoms with Crippen LogP contribution in [0.2, 0.25) is 0 Å². The normalized spacial score (nSPS) is 10.3. The molecule has 4 heteroatoms. The summed E-state index contributed by atoms with van der Waals surface area (Å²) in [5.74, 6) is -0.251. The van der Waals surface area contributed by atoms with E-state index in [1.807, 2.05) is 37.3 Å². The molecule has 1 N–H and O–H groups in total. The van der Waals surface area contributed by atoms with E-state index in [2.05, 4.69) is 27.9 Å². The first kappa shape index (κ1) is 17.4. The van der Waals surface area contributed by atoms with E-state index in [-0.39, 0.29) is 11.7 Å². The maximum absolute atomic E-state index is 12.5. The van der Waals surface area contributed by atoms with Gasteiger partial charge in [0.25, 0.3) is 5.91 Å². The number of hydrogen-bond acceptors (Lipinski definition) is 2. The number of amides is 1. The molecular formula is C21H16INO2. The van der Waals surface area contributed by atoms with Gasteiger partial charge in [0.1, 0.15) is 0 Å². The summed E-state index contributed by atoms with van der Waals surface area (Å²) < 4.78 is 0.925.